The Morgan fingerprint density at radius 2 is 1.97 bits per heavy atom. The molecule has 3 aromatic rings. The first kappa shape index (κ1) is 25.1. The van der Waals surface area contributed by atoms with E-state index < -0.39 is 6.10 Å². The maximum absolute atomic E-state index is 13.5. The Bertz CT molecular complexity index is 1230. The Morgan fingerprint density at radius 1 is 1.17 bits per heavy atom. The molecular formula is C27H29ClN2O4S. The smallest absolute Gasteiger partial charge is 0.265 e. The van der Waals surface area contributed by atoms with E-state index in [2.05, 4.69) is 17.6 Å². The van der Waals surface area contributed by atoms with Crippen molar-refractivity contribution < 1.29 is 19.1 Å². The van der Waals surface area contributed by atoms with E-state index >= 15 is 0 Å². The first-order chi connectivity index (χ1) is 16.9. The van der Waals surface area contributed by atoms with Crippen molar-refractivity contribution in [2.75, 3.05) is 17.2 Å². The minimum absolute atomic E-state index is 0.261. The van der Waals surface area contributed by atoms with Crippen molar-refractivity contribution in [1.82, 2.24) is 0 Å². The van der Waals surface area contributed by atoms with Gasteiger partial charge in [0.15, 0.2) is 6.10 Å². The third-order valence-electron chi connectivity index (χ3n) is 5.89. The van der Waals surface area contributed by atoms with Crippen LogP contribution in [-0.4, -0.2) is 24.5 Å². The van der Waals surface area contributed by atoms with Gasteiger partial charge in [0.1, 0.15) is 16.5 Å². The molecule has 2 atom stereocenters. The lowest BCUT2D eigenvalue weighted by Crippen LogP contribution is -2.30. The van der Waals surface area contributed by atoms with E-state index in [1.165, 1.54) is 11.3 Å². The average molecular weight is 513 g/mol. The van der Waals surface area contributed by atoms with Crippen molar-refractivity contribution in [2.24, 2.45) is 5.92 Å². The van der Waals surface area contributed by atoms with Crippen LogP contribution < -0.4 is 20.1 Å². The predicted octanol–water partition coefficient (Wildman–Crippen LogP) is 6.58. The molecule has 1 aliphatic rings. The number of carbonyl (C=O) groups is 2. The summed E-state index contributed by atoms with van der Waals surface area (Å²) in [5.41, 5.74) is 2.13. The summed E-state index contributed by atoms with van der Waals surface area (Å²) < 4.78 is 11.4. The third kappa shape index (κ3) is 5.97. The minimum atomic E-state index is -0.777. The van der Waals surface area contributed by atoms with E-state index in [0.717, 1.165) is 29.7 Å². The molecule has 1 heterocycles. The van der Waals surface area contributed by atoms with Gasteiger partial charge in [-0.3, -0.25) is 9.59 Å². The van der Waals surface area contributed by atoms with Gasteiger partial charge in [0.2, 0.25) is 0 Å². The van der Waals surface area contributed by atoms with E-state index in [1.54, 1.807) is 31.2 Å². The Balaban J connectivity index is 1.59. The predicted molar refractivity (Wildman–Crippen MR) is 141 cm³/mol. The fourth-order valence-electron chi connectivity index (χ4n) is 4.13. The quantitative estimate of drug-likeness (QED) is 0.357. The second-order valence-electron chi connectivity index (χ2n) is 8.65. The molecule has 0 unspecified atom stereocenters. The van der Waals surface area contributed by atoms with Crippen LogP contribution in [0, 0.1) is 5.92 Å². The fourth-order valence-corrected chi connectivity index (χ4v) is 5.72. The zero-order valence-electron chi connectivity index (χ0n) is 20.0. The molecule has 0 fully saturated rings. The second kappa shape index (κ2) is 11.1. The highest BCUT2D eigenvalue weighted by Gasteiger charge is 2.29. The Hall–Kier alpha value is -3.03. The maximum atomic E-state index is 13.5. The van der Waals surface area contributed by atoms with Crippen molar-refractivity contribution >= 4 is 45.4 Å². The summed E-state index contributed by atoms with van der Waals surface area (Å²) in [7, 11) is 0. The van der Waals surface area contributed by atoms with Crippen LogP contribution >= 0.6 is 22.9 Å². The normalized spacial score (nSPS) is 15.6. The number of fused-ring (bicyclic) bond motifs is 1. The zero-order chi connectivity index (χ0) is 24.9. The summed E-state index contributed by atoms with van der Waals surface area (Å²) in [5, 5.41) is 7.02. The van der Waals surface area contributed by atoms with Crippen molar-refractivity contribution in [3.8, 4) is 11.5 Å². The Morgan fingerprint density at radius 3 is 2.74 bits per heavy atom. The maximum Gasteiger partial charge on any atom is 0.265 e. The highest BCUT2D eigenvalue weighted by atomic mass is 35.5. The number of amides is 2. The molecule has 8 heteroatoms. The second-order valence-corrected chi connectivity index (χ2v) is 10.2. The van der Waals surface area contributed by atoms with Crippen molar-refractivity contribution in [1.29, 1.82) is 0 Å². The van der Waals surface area contributed by atoms with Gasteiger partial charge in [0.25, 0.3) is 11.8 Å². The van der Waals surface area contributed by atoms with Crippen LogP contribution in [-0.2, 0) is 17.6 Å². The van der Waals surface area contributed by atoms with Gasteiger partial charge in [-0.1, -0.05) is 36.7 Å². The molecule has 0 bridgehead atoms. The van der Waals surface area contributed by atoms with E-state index in [1.807, 2.05) is 31.2 Å². The molecule has 184 valence electrons. The molecule has 0 saturated heterocycles. The molecule has 35 heavy (non-hydrogen) atoms. The van der Waals surface area contributed by atoms with Crippen molar-refractivity contribution in [3.05, 3.63) is 69.6 Å². The molecule has 2 aromatic carbocycles. The van der Waals surface area contributed by atoms with Crippen LogP contribution in [0.1, 0.15) is 48.0 Å². The molecular weight excluding hydrogens is 484 g/mol. The van der Waals surface area contributed by atoms with Crippen LogP contribution in [0.2, 0.25) is 5.02 Å². The molecule has 2 amide bonds. The van der Waals surface area contributed by atoms with Crippen molar-refractivity contribution in [2.45, 2.75) is 46.1 Å². The molecule has 2 N–H and O–H groups in total. The zero-order valence-corrected chi connectivity index (χ0v) is 21.6. The number of carbonyl (C=O) groups excluding carboxylic acids is 2. The summed E-state index contributed by atoms with van der Waals surface area (Å²) >= 11 is 7.50. The third-order valence-corrected chi connectivity index (χ3v) is 7.29. The molecule has 6 nitrogen and oxygen atoms in total. The van der Waals surface area contributed by atoms with Gasteiger partial charge >= 0.3 is 0 Å². The molecule has 0 aliphatic heterocycles. The topological polar surface area (TPSA) is 76.7 Å². The van der Waals surface area contributed by atoms with Crippen LogP contribution in [0.3, 0.4) is 0 Å². The number of anilines is 2. The number of rotatable bonds is 8. The van der Waals surface area contributed by atoms with Gasteiger partial charge in [0.05, 0.1) is 17.9 Å². The van der Waals surface area contributed by atoms with Gasteiger partial charge < -0.3 is 20.1 Å². The lowest BCUT2D eigenvalue weighted by molar-refractivity contribution is -0.122. The Labute approximate surface area is 214 Å². The fraction of sp³-hybridized carbons (Fsp3) is 0.333. The number of thiophene rings is 1. The van der Waals surface area contributed by atoms with Gasteiger partial charge in [-0.25, -0.2) is 0 Å². The average Bonchev–Trinajstić information content (AvgIpc) is 3.17. The van der Waals surface area contributed by atoms with Gasteiger partial charge in [-0.2, -0.15) is 0 Å². The number of para-hydroxylation sites is 2. The largest absolute Gasteiger partial charge is 0.492 e. The van der Waals surface area contributed by atoms with Gasteiger partial charge in [0, 0.05) is 9.90 Å². The van der Waals surface area contributed by atoms with Gasteiger partial charge in [-0.05, 0) is 74.9 Å². The first-order valence-corrected chi connectivity index (χ1v) is 13.0. The number of ether oxygens (including phenoxy) is 2. The van der Waals surface area contributed by atoms with Crippen LogP contribution in [0.4, 0.5) is 10.7 Å². The number of halogens is 1. The summed E-state index contributed by atoms with van der Waals surface area (Å²) in [4.78, 5) is 27.7. The SMILES string of the molecule is CCOc1ccccc1NC(=O)c1c(NC(=O)[C@@H](C)Oc2cccc(Cl)c2)sc2c1CC[C@H](C)C2. The van der Waals surface area contributed by atoms with E-state index in [4.69, 9.17) is 21.1 Å². The lowest BCUT2D eigenvalue weighted by Gasteiger charge is -2.19. The van der Waals surface area contributed by atoms with E-state index in [-0.39, 0.29) is 11.8 Å². The number of nitrogens with one attached hydrogen (secondary N) is 2. The highest BCUT2D eigenvalue weighted by Crippen LogP contribution is 2.40. The van der Waals surface area contributed by atoms with E-state index in [9.17, 15) is 9.59 Å². The monoisotopic (exact) mass is 512 g/mol. The molecule has 1 aliphatic carbocycles. The highest BCUT2D eigenvalue weighted by molar-refractivity contribution is 7.17. The van der Waals surface area contributed by atoms with Crippen LogP contribution in [0.5, 0.6) is 11.5 Å². The van der Waals surface area contributed by atoms with Gasteiger partial charge in [-0.15, -0.1) is 11.3 Å². The van der Waals surface area contributed by atoms with Crippen LogP contribution in [0.15, 0.2) is 48.5 Å². The summed E-state index contributed by atoms with van der Waals surface area (Å²) in [5.74, 6) is 1.05. The molecule has 4 rings (SSSR count). The molecule has 1 aromatic heterocycles. The first-order valence-electron chi connectivity index (χ1n) is 11.8. The van der Waals surface area contributed by atoms with Crippen LogP contribution in [0.25, 0.3) is 0 Å². The molecule has 0 radical (unpaired) electrons. The number of hydrogen-bond donors (Lipinski definition) is 2. The van der Waals surface area contributed by atoms with E-state index in [0.29, 0.717) is 45.3 Å². The molecule has 0 spiro atoms. The summed E-state index contributed by atoms with van der Waals surface area (Å²) in [6.45, 7) is 6.27. The Kier molecular flexibility index (Phi) is 7.98. The number of benzene rings is 2. The summed E-state index contributed by atoms with van der Waals surface area (Å²) in [6.07, 6.45) is 1.91. The standard InChI is InChI=1S/C27H29ClN2O4S/c1-4-33-22-11-6-5-10-21(22)29-26(32)24-20-13-12-16(2)14-23(20)35-27(24)30-25(31)17(3)34-19-9-7-8-18(28)15-19/h5-11,15-17H,4,12-14H2,1-3H3,(H,29,32)(H,30,31)/t16-,17+/m0/s1. The summed E-state index contributed by atoms with van der Waals surface area (Å²) in [6, 6.07) is 14.2. The van der Waals surface area contributed by atoms with Crippen molar-refractivity contribution in [3.63, 3.8) is 0 Å². The number of hydrogen-bond acceptors (Lipinski definition) is 5. The minimum Gasteiger partial charge on any atom is -0.492 e. The molecule has 0 saturated carbocycles. The lowest BCUT2D eigenvalue weighted by atomic mass is 9.88.